The van der Waals surface area contributed by atoms with Crippen LogP contribution in [0.1, 0.15) is 36.6 Å². The van der Waals surface area contributed by atoms with Gasteiger partial charge in [-0.1, -0.05) is 18.2 Å². The molecule has 2 aromatic rings. The number of hydrogen-bond donors (Lipinski definition) is 1. The van der Waals surface area contributed by atoms with Crippen molar-refractivity contribution in [2.75, 3.05) is 6.61 Å². The van der Waals surface area contributed by atoms with E-state index in [4.69, 9.17) is 4.74 Å². The molecule has 1 aromatic carbocycles. The first-order valence-corrected chi connectivity index (χ1v) is 7.72. The third kappa shape index (κ3) is 2.93. The number of para-hydroxylation sites is 1. The molecule has 21 heavy (non-hydrogen) atoms. The van der Waals surface area contributed by atoms with Gasteiger partial charge in [0.1, 0.15) is 12.1 Å². The predicted molar refractivity (Wildman–Crippen MR) is 79.2 cm³/mol. The van der Waals surface area contributed by atoms with Gasteiger partial charge < -0.3 is 10.1 Å². The van der Waals surface area contributed by atoms with E-state index in [1.807, 2.05) is 23.1 Å². The summed E-state index contributed by atoms with van der Waals surface area (Å²) in [5.74, 6) is 2.37. The van der Waals surface area contributed by atoms with Crippen molar-refractivity contribution < 1.29 is 4.74 Å². The van der Waals surface area contributed by atoms with E-state index >= 15 is 0 Å². The van der Waals surface area contributed by atoms with Gasteiger partial charge in [-0.05, 0) is 30.9 Å². The first-order chi connectivity index (χ1) is 10.4. The number of hydrogen-bond acceptors (Lipinski definition) is 4. The molecule has 1 unspecified atom stereocenters. The lowest BCUT2D eigenvalue weighted by Gasteiger charge is -2.25. The van der Waals surface area contributed by atoms with Crippen molar-refractivity contribution in [2.45, 2.75) is 44.3 Å². The lowest BCUT2D eigenvalue weighted by atomic mass is 9.93. The number of nitrogens with zero attached hydrogens (tertiary/aromatic N) is 3. The first kappa shape index (κ1) is 12.8. The van der Waals surface area contributed by atoms with Gasteiger partial charge in [0.15, 0.2) is 5.82 Å². The van der Waals surface area contributed by atoms with Crippen molar-refractivity contribution in [1.29, 1.82) is 0 Å². The van der Waals surface area contributed by atoms with E-state index in [0.29, 0.717) is 12.0 Å². The Balaban J connectivity index is 1.44. The van der Waals surface area contributed by atoms with E-state index in [2.05, 4.69) is 27.5 Å². The highest BCUT2D eigenvalue weighted by Crippen LogP contribution is 2.34. The molecule has 1 fully saturated rings. The number of benzene rings is 1. The highest BCUT2D eigenvalue weighted by molar-refractivity contribution is 5.37. The zero-order chi connectivity index (χ0) is 14.1. The van der Waals surface area contributed by atoms with E-state index in [1.165, 1.54) is 18.4 Å². The molecule has 110 valence electrons. The second-order valence-corrected chi connectivity index (χ2v) is 5.91. The molecule has 0 amide bonds. The summed E-state index contributed by atoms with van der Waals surface area (Å²) in [5, 5.41) is 8.03. The van der Waals surface area contributed by atoms with Gasteiger partial charge in [-0.15, -0.1) is 0 Å². The minimum Gasteiger partial charge on any atom is -0.493 e. The molecule has 0 radical (unpaired) electrons. The maximum Gasteiger partial charge on any atom is 0.164 e. The Morgan fingerprint density at radius 3 is 3.05 bits per heavy atom. The summed E-state index contributed by atoms with van der Waals surface area (Å²) in [4.78, 5) is 4.40. The highest BCUT2D eigenvalue weighted by atomic mass is 16.5. The summed E-state index contributed by atoms with van der Waals surface area (Å²) in [6, 6.07) is 9.00. The van der Waals surface area contributed by atoms with Crippen molar-refractivity contribution in [1.82, 2.24) is 20.1 Å². The molecule has 1 aliphatic heterocycles. The molecule has 4 rings (SSSR count). The zero-order valence-electron chi connectivity index (χ0n) is 12.0. The van der Waals surface area contributed by atoms with E-state index in [1.54, 1.807) is 0 Å². The topological polar surface area (TPSA) is 52.0 Å². The van der Waals surface area contributed by atoms with Gasteiger partial charge in [-0.25, -0.2) is 4.98 Å². The molecule has 1 N–H and O–H groups in total. The van der Waals surface area contributed by atoms with Crippen molar-refractivity contribution in [3.05, 3.63) is 42.0 Å². The predicted octanol–water partition coefficient (Wildman–Crippen LogP) is 2.10. The van der Waals surface area contributed by atoms with Gasteiger partial charge in [-0.3, -0.25) is 4.68 Å². The Kier molecular flexibility index (Phi) is 3.35. The van der Waals surface area contributed by atoms with Crippen LogP contribution in [0.2, 0.25) is 0 Å². The third-order valence-corrected chi connectivity index (χ3v) is 4.20. The fraction of sp³-hybridized carbons (Fsp3) is 0.500. The standard InChI is InChI=1S/C16H20N4O/c1-2-4-15-14(3-1)12(7-8-21-15)10-20-11-18-16(19-20)9-17-13-5-6-13/h1-4,11-13,17H,5-10H2. The summed E-state index contributed by atoms with van der Waals surface area (Å²) in [6.45, 7) is 2.44. The summed E-state index contributed by atoms with van der Waals surface area (Å²) in [6.07, 6.45) is 5.47. The maximum atomic E-state index is 5.71. The Hall–Kier alpha value is -1.88. The van der Waals surface area contributed by atoms with Crippen LogP contribution >= 0.6 is 0 Å². The van der Waals surface area contributed by atoms with Crippen LogP contribution in [0, 0.1) is 0 Å². The Bertz CT molecular complexity index is 620. The number of fused-ring (bicyclic) bond motifs is 1. The minimum absolute atomic E-state index is 0.459. The van der Waals surface area contributed by atoms with E-state index in [-0.39, 0.29) is 0 Å². The summed E-state index contributed by atoms with van der Waals surface area (Å²) in [7, 11) is 0. The fourth-order valence-electron chi connectivity index (χ4n) is 2.86. The largest absolute Gasteiger partial charge is 0.493 e. The lowest BCUT2D eigenvalue weighted by molar-refractivity contribution is 0.256. The molecular weight excluding hydrogens is 264 g/mol. The molecule has 5 heteroatoms. The number of ether oxygens (including phenoxy) is 1. The van der Waals surface area contributed by atoms with Crippen molar-refractivity contribution in [3.8, 4) is 5.75 Å². The minimum atomic E-state index is 0.459. The van der Waals surface area contributed by atoms with Crippen LogP contribution in [0.25, 0.3) is 0 Å². The molecule has 2 aliphatic rings. The normalized spacial score (nSPS) is 20.9. The molecule has 1 aromatic heterocycles. The van der Waals surface area contributed by atoms with Gasteiger partial charge in [0.05, 0.1) is 13.2 Å². The zero-order valence-corrected chi connectivity index (χ0v) is 12.0. The average molecular weight is 284 g/mol. The molecule has 0 spiro atoms. The molecule has 2 heterocycles. The molecular formula is C16H20N4O. The van der Waals surface area contributed by atoms with Crippen LogP contribution in [0.15, 0.2) is 30.6 Å². The Morgan fingerprint density at radius 2 is 2.14 bits per heavy atom. The maximum absolute atomic E-state index is 5.71. The summed E-state index contributed by atoms with van der Waals surface area (Å²) in [5.41, 5.74) is 1.29. The van der Waals surface area contributed by atoms with E-state index in [9.17, 15) is 0 Å². The van der Waals surface area contributed by atoms with Crippen LogP contribution in [-0.2, 0) is 13.1 Å². The van der Waals surface area contributed by atoms with Crippen molar-refractivity contribution >= 4 is 0 Å². The fourth-order valence-corrected chi connectivity index (χ4v) is 2.86. The first-order valence-electron chi connectivity index (χ1n) is 7.72. The number of nitrogens with one attached hydrogen (secondary N) is 1. The Morgan fingerprint density at radius 1 is 1.24 bits per heavy atom. The molecule has 0 saturated heterocycles. The molecule has 1 aliphatic carbocycles. The molecule has 5 nitrogen and oxygen atoms in total. The smallest absolute Gasteiger partial charge is 0.164 e. The monoisotopic (exact) mass is 284 g/mol. The highest BCUT2D eigenvalue weighted by Gasteiger charge is 2.23. The Labute approximate surface area is 124 Å². The average Bonchev–Trinajstić information content (AvgIpc) is 3.25. The second kappa shape index (κ2) is 5.48. The van der Waals surface area contributed by atoms with Gasteiger partial charge in [-0.2, -0.15) is 5.10 Å². The molecule has 1 saturated carbocycles. The van der Waals surface area contributed by atoms with Gasteiger partial charge in [0.2, 0.25) is 0 Å². The summed E-state index contributed by atoms with van der Waals surface area (Å²) >= 11 is 0. The molecule has 1 atom stereocenters. The van der Waals surface area contributed by atoms with Gasteiger partial charge in [0.25, 0.3) is 0 Å². The molecule has 0 bridgehead atoms. The summed E-state index contributed by atoms with van der Waals surface area (Å²) < 4.78 is 7.68. The van der Waals surface area contributed by atoms with Gasteiger partial charge in [0, 0.05) is 18.5 Å². The number of aromatic nitrogens is 3. The lowest BCUT2D eigenvalue weighted by Crippen LogP contribution is -2.19. The van der Waals surface area contributed by atoms with Crippen LogP contribution in [0.4, 0.5) is 0 Å². The van der Waals surface area contributed by atoms with E-state index < -0.39 is 0 Å². The van der Waals surface area contributed by atoms with Crippen molar-refractivity contribution in [2.24, 2.45) is 0 Å². The second-order valence-electron chi connectivity index (χ2n) is 5.91. The van der Waals surface area contributed by atoms with Crippen molar-refractivity contribution in [3.63, 3.8) is 0 Å². The van der Waals surface area contributed by atoms with Crippen LogP contribution in [-0.4, -0.2) is 27.4 Å². The third-order valence-electron chi connectivity index (χ3n) is 4.20. The number of rotatable bonds is 5. The van der Waals surface area contributed by atoms with Crippen LogP contribution < -0.4 is 10.1 Å². The SMILES string of the molecule is c1ccc2c(c1)OCCC2Cn1cnc(CNC2CC2)n1. The quantitative estimate of drug-likeness (QED) is 0.913. The van der Waals surface area contributed by atoms with Crippen LogP contribution in [0.5, 0.6) is 5.75 Å². The van der Waals surface area contributed by atoms with Crippen LogP contribution in [0.3, 0.4) is 0 Å². The van der Waals surface area contributed by atoms with Gasteiger partial charge >= 0.3 is 0 Å². The van der Waals surface area contributed by atoms with E-state index in [0.717, 1.165) is 37.7 Å².